The zero-order valence-electron chi connectivity index (χ0n) is 14.1. The molecule has 4 N–H and O–H groups in total. The largest absolute Gasteiger partial charge is 0.383 e. The topological polar surface area (TPSA) is 103 Å². The summed E-state index contributed by atoms with van der Waals surface area (Å²) < 4.78 is 0. The lowest BCUT2D eigenvalue weighted by Crippen LogP contribution is -2.41. The number of anilines is 1. The van der Waals surface area contributed by atoms with Crippen molar-refractivity contribution in [1.29, 1.82) is 0 Å². The highest BCUT2D eigenvalue weighted by Crippen LogP contribution is 2.36. The van der Waals surface area contributed by atoms with Gasteiger partial charge in [-0.1, -0.05) is 30.3 Å². The van der Waals surface area contributed by atoms with Crippen LogP contribution >= 0.6 is 0 Å². The normalized spacial score (nSPS) is 18.3. The molecule has 2 amide bonds. The summed E-state index contributed by atoms with van der Waals surface area (Å²) in [4.78, 5) is 16.6. The van der Waals surface area contributed by atoms with Crippen LogP contribution in [-0.4, -0.2) is 32.9 Å². The lowest BCUT2D eigenvalue weighted by Gasteiger charge is -2.24. The molecule has 1 aliphatic carbocycles. The Balaban J connectivity index is 1.43. The first-order valence-electron chi connectivity index (χ1n) is 8.46. The number of H-pyrrole nitrogens is 1. The number of nitrogens with one attached hydrogen (secondary N) is 3. The van der Waals surface area contributed by atoms with Gasteiger partial charge in [-0.2, -0.15) is 5.10 Å². The van der Waals surface area contributed by atoms with Crippen molar-refractivity contribution in [2.24, 2.45) is 0 Å². The van der Waals surface area contributed by atoms with Crippen molar-refractivity contribution in [3.63, 3.8) is 0 Å². The average Bonchev–Trinajstić information content (AvgIpc) is 3.27. The molecule has 0 spiro atoms. The van der Waals surface area contributed by atoms with Crippen molar-refractivity contribution < 1.29 is 9.90 Å². The predicted octanol–water partition coefficient (Wildman–Crippen LogP) is 2.43. The number of aliphatic hydroxyl groups is 1. The maximum atomic E-state index is 12.3. The van der Waals surface area contributed by atoms with Crippen LogP contribution in [0.25, 0.3) is 11.4 Å². The molecule has 3 aromatic rings. The number of hydrogen-bond donors (Lipinski definition) is 4. The number of benzene rings is 1. The molecule has 7 nitrogen and oxygen atoms in total. The number of urea groups is 1. The summed E-state index contributed by atoms with van der Waals surface area (Å²) in [5.74, 6) is 0. The van der Waals surface area contributed by atoms with E-state index in [1.807, 2.05) is 42.5 Å². The van der Waals surface area contributed by atoms with E-state index in [9.17, 15) is 9.90 Å². The van der Waals surface area contributed by atoms with Crippen LogP contribution in [0.4, 0.5) is 10.5 Å². The molecule has 0 aliphatic heterocycles. The van der Waals surface area contributed by atoms with E-state index in [4.69, 9.17) is 0 Å². The van der Waals surface area contributed by atoms with Crippen molar-refractivity contribution in [2.45, 2.75) is 18.4 Å². The zero-order valence-corrected chi connectivity index (χ0v) is 14.1. The Morgan fingerprint density at radius 1 is 1.23 bits per heavy atom. The van der Waals surface area contributed by atoms with Crippen LogP contribution in [0.5, 0.6) is 0 Å². The number of aromatic amines is 1. The van der Waals surface area contributed by atoms with E-state index >= 15 is 0 Å². The first-order valence-corrected chi connectivity index (χ1v) is 8.46. The minimum atomic E-state index is -1.03. The first-order chi connectivity index (χ1) is 12.7. The number of aryl methyl sites for hydroxylation is 1. The average molecular weight is 349 g/mol. The molecule has 2 aromatic heterocycles. The standard InChI is InChI=1S/C19H19N5O2/c25-18(21-12-19(26)9-8-13-5-1-2-6-14(13)19)23-16-11-22-24-17(16)15-7-3-4-10-20-15/h1-7,10-11,26H,8-9,12H2,(H,22,24)(H2,21,23,25). The van der Waals surface area contributed by atoms with Gasteiger partial charge in [0.1, 0.15) is 11.3 Å². The Morgan fingerprint density at radius 2 is 2.08 bits per heavy atom. The number of carbonyl (C=O) groups excluding carboxylic acids is 1. The van der Waals surface area contributed by atoms with Gasteiger partial charge in [0.2, 0.25) is 0 Å². The Bertz CT molecular complexity index is 924. The van der Waals surface area contributed by atoms with Crippen molar-refractivity contribution in [3.05, 3.63) is 66.0 Å². The number of nitrogens with zero attached hydrogens (tertiary/aromatic N) is 2. The van der Waals surface area contributed by atoms with Crippen LogP contribution in [0, 0.1) is 0 Å². The molecule has 132 valence electrons. The van der Waals surface area contributed by atoms with Crippen LogP contribution in [0.2, 0.25) is 0 Å². The molecule has 1 aliphatic rings. The lowest BCUT2D eigenvalue weighted by atomic mass is 9.96. The fraction of sp³-hybridized carbons (Fsp3) is 0.211. The van der Waals surface area contributed by atoms with Crippen LogP contribution in [-0.2, 0) is 12.0 Å². The van der Waals surface area contributed by atoms with Gasteiger partial charge in [0.05, 0.1) is 24.1 Å². The second-order valence-electron chi connectivity index (χ2n) is 6.37. The van der Waals surface area contributed by atoms with Gasteiger partial charge in [-0.25, -0.2) is 4.79 Å². The zero-order chi connectivity index (χ0) is 18.0. The summed E-state index contributed by atoms with van der Waals surface area (Å²) in [6.07, 6.45) is 4.61. The summed E-state index contributed by atoms with van der Waals surface area (Å²) >= 11 is 0. The van der Waals surface area contributed by atoms with Gasteiger partial charge in [-0.3, -0.25) is 10.1 Å². The van der Waals surface area contributed by atoms with Crippen LogP contribution in [0.1, 0.15) is 17.5 Å². The summed E-state index contributed by atoms with van der Waals surface area (Å²) in [5.41, 5.74) is 2.82. The fourth-order valence-electron chi connectivity index (χ4n) is 3.33. The second kappa shape index (κ2) is 6.61. The highest BCUT2D eigenvalue weighted by atomic mass is 16.3. The molecular weight excluding hydrogens is 330 g/mol. The Hall–Kier alpha value is -3.19. The van der Waals surface area contributed by atoms with E-state index in [-0.39, 0.29) is 6.54 Å². The minimum absolute atomic E-state index is 0.145. The van der Waals surface area contributed by atoms with Gasteiger partial charge in [-0.05, 0) is 36.1 Å². The van der Waals surface area contributed by atoms with Crippen molar-refractivity contribution in [3.8, 4) is 11.4 Å². The molecule has 7 heteroatoms. The van der Waals surface area contributed by atoms with Gasteiger partial charge < -0.3 is 15.7 Å². The van der Waals surface area contributed by atoms with Gasteiger partial charge in [0.25, 0.3) is 0 Å². The third kappa shape index (κ3) is 3.04. The molecule has 0 saturated heterocycles. The summed E-state index contributed by atoms with van der Waals surface area (Å²) in [6.45, 7) is 0.145. The Kier molecular flexibility index (Phi) is 4.14. The van der Waals surface area contributed by atoms with E-state index in [0.29, 0.717) is 23.5 Å². The molecule has 0 fully saturated rings. The van der Waals surface area contributed by atoms with E-state index < -0.39 is 11.6 Å². The number of aromatic nitrogens is 3. The van der Waals surface area contributed by atoms with Crippen molar-refractivity contribution in [1.82, 2.24) is 20.5 Å². The predicted molar refractivity (Wildman–Crippen MR) is 97.5 cm³/mol. The van der Waals surface area contributed by atoms with Gasteiger partial charge in [0, 0.05) is 6.20 Å². The summed E-state index contributed by atoms with van der Waals surface area (Å²) in [5, 5.41) is 23.2. The maximum absolute atomic E-state index is 12.3. The maximum Gasteiger partial charge on any atom is 0.319 e. The molecule has 1 aromatic carbocycles. The molecule has 0 saturated carbocycles. The molecule has 0 radical (unpaired) electrons. The van der Waals surface area contributed by atoms with Crippen LogP contribution in [0.15, 0.2) is 54.9 Å². The number of hydrogen-bond acceptors (Lipinski definition) is 4. The number of amides is 2. The van der Waals surface area contributed by atoms with Gasteiger partial charge in [0.15, 0.2) is 0 Å². The molecule has 2 heterocycles. The smallest absolute Gasteiger partial charge is 0.319 e. The molecule has 0 bridgehead atoms. The van der Waals surface area contributed by atoms with Crippen LogP contribution in [0.3, 0.4) is 0 Å². The van der Waals surface area contributed by atoms with E-state index in [1.54, 1.807) is 6.20 Å². The third-order valence-corrected chi connectivity index (χ3v) is 4.68. The van der Waals surface area contributed by atoms with Gasteiger partial charge in [-0.15, -0.1) is 0 Å². The van der Waals surface area contributed by atoms with Crippen molar-refractivity contribution >= 4 is 11.7 Å². The minimum Gasteiger partial charge on any atom is -0.383 e. The van der Waals surface area contributed by atoms with E-state index in [1.165, 1.54) is 6.20 Å². The quantitative estimate of drug-likeness (QED) is 0.581. The van der Waals surface area contributed by atoms with E-state index in [2.05, 4.69) is 25.8 Å². The second-order valence-corrected chi connectivity index (χ2v) is 6.37. The Morgan fingerprint density at radius 3 is 2.92 bits per heavy atom. The number of rotatable bonds is 4. The Labute approximate surface area is 150 Å². The first kappa shape index (κ1) is 16.3. The monoisotopic (exact) mass is 349 g/mol. The summed E-state index contributed by atoms with van der Waals surface area (Å²) in [6, 6.07) is 12.9. The molecule has 1 atom stereocenters. The molecule has 4 rings (SSSR count). The number of pyridine rings is 1. The van der Waals surface area contributed by atoms with Crippen molar-refractivity contribution in [2.75, 3.05) is 11.9 Å². The molecular formula is C19H19N5O2. The highest BCUT2D eigenvalue weighted by Gasteiger charge is 2.36. The molecule has 26 heavy (non-hydrogen) atoms. The SMILES string of the molecule is O=C(NCC1(O)CCc2ccccc21)Nc1cn[nH]c1-c1ccccn1. The highest BCUT2D eigenvalue weighted by molar-refractivity contribution is 5.92. The fourth-order valence-corrected chi connectivity index (χ4v) is 3.33. The number of fused-ring (bicyclic) bond motifs is 1. The lowest BCUT2D eigenvalue weighted by molar-refractivity contribution is 0.0417. The van der Waals surface area contributed by atoms with Crippen LogP contribution < -0.4 is 10.6 Å². The number of carbonyl (C=O) groups is 1. The summed E-state index contributed by atoms with van der Waals surface area (Å²) in [7, 11) is 0. The van der Waals surface area contributed by atoms with E-state index in [0.717, 1.165) is 17.5 Å². The third-order valence-electron chi connectivity index (χ3n) is 4.68. The molecule has 1 unspecified atom stereocenters. The van der Waals surface area contributed by atoms with Gasteiger partial charge >= 0.3 is 6.03 Å².